The largest absolute Gasteiger partial charge is 0.409 e. The molecule has 5 N–H and O–H groups in total. The van der Waals surface area contributed by atoms with E-state index in [2.05, 4.69) is 15.5 Å². The maximum absolute atomic E-state index is 11.8. The van der Waals surface area contributed by atoms with Gasteiger partial charge in [-0.2, -0.15) is 0 Å². The third kappa shape index (κ3) is 3.93. The topological polar surface area (TPSA) is 121 Å². The zero-order chi connectivity index (χ0) is 13.5. The Morgan fingerprint density at radius 2 is 2.33 bits per heavy atom. The van der Waals surface area contributed by atoms with Crippen molar-refractivity contribution in [2.45, 2.75) is 25.8 Å². The predicted molar refractivity (Wildman–Crippen MR) is 66.6 cm³/mol. The second kappa shape index (κ2) is 6.43. The van der Waals surface area contributed by atoms with Crippen LogP contribution in [-0.4, -0.2) is 28.0 Å². The minimum absolute atomic E-state index is 0.0589. The number of rotatable bonds is 5. The number of carbonyl (C=O) groups is 1. The zero-order valence-electron chi connectivity index (χ0n) is 10.0. The van der Waals surface area contributed by atoms with E-state index in [1.54, 1.807) is 0 Å². The maximum Gasteiger partial charge on any atom is 0.252 e. The molecule has 0 aliphatic carbocycles. The molecule has 18 heavy (non-hydrogen) atoms. The maximum atomic E-state index is 11.8. The predicted octanol–water partition coefficient (Wildman–Crippen LogP) is 0.0198. The first-order valence-electron chi connectivity index (χ1n) is 5.52. The summed E-state index contributed by atoms with van der Waals surface area (Å²) in [5.41, 5.74) is 5.47. The number of nitrogens with one attached hydrogen (secondary N) is 2. The third-order valence-corrected chi connectivity index (χ3v) is 2.46. The Labute approximate surface area is 104 Å². The molecule has 1 aromatic heterocycles. The summed E-state index contributed by atoms with van der Waals surface area (Å²) in [4.78, 5) is 25.1. The molecule has 1 unspecified atom stereocenters. The van der Waals surface area contributed by atoms with Crippen LogP contribution in [0.4, 0.5) is 0 Å². The van der Waals surface area contributed by atoms with Gasteiger partial charge in [-0.05, 0) is 12.5 Å². The summed E-state index contributed by atoms with van der Waals surface area (Å²) in [5, 5.41) is 14.1. The van der Waals surface area contributed by atoms with Gasteiger partial charge in [-0.15, -0.1) is 0 Å². The fourth-order valence-corrected chi connectivity index (χ4v) is 1.41. The van der Waals surface area contributed by atoms with Gasteiger partial charge < -0.3 is 21.2 Å². The molecule has 1 atom stereocenters. The first-order chi connectivity index (χ1) is 8.56. The number of aromatic amines is 1. The molecule has 0 spiro atoms. The normalized spacial score (nSPS) is 13.1. The number of pyridine rings is 1. The molecule has 1 aromatic rings. The lowest BCUT2D eigenvalue weighted by Crippen LogP contribution is -2.37. The molecule has 7 nitrogen and oxygen atoms in total. The van der Waals surface area contributed by atoms with Gasteiger partial charge >= 0.3 is 0 Å². The average molecular weight is 252 g/mol. The lowest BCUT2D eigenvalue weighted by molar-refractivity contribution is 0.0936. The van der Waals surface area contributed by atoms with Gasteiger partial charge in [0.2, 0.25) is 5.56 Å². The second-order valence-corrected chi connectivity index (χ2v) is 3.82. The van der Waals surface area contributed by atoms with Crippen LogP contribution >= 0.6 is 0 Å². The monoisotopic (exact) mass is 252 g/mol. The van der Waals surface area contributed by atoms with Crippen LogP contribution in [0.2, 0.25) is 0 Å². The number of carbonyl (C=O) groups excluding carboxylic acids is 1. The van der Waals surface area contributed by atoms with E-state index in [-0.39, 0.29) is 29.8 Å². The number of amides is 1. The number of H-pyrrole nitrogens is 1. The molecule has 0 radical (unpaired) electrons. The molecular weight excluding hydrogens is 236 g/mol. The molecular formula is C11H16N4O3. The van der Waals surface area contributed by atoms with Crippen LogP contribution in [0.1, 0.15) is 30.1 Å². The summed E-state index contributed by atoms with van der Waals surface area (Å²) in [6.45, 7) is 1.88. The molecule has 0 aliphatic heterocycles. The van der Waals surface area contributed by atoms with Gasteiger partial charge in [0.05, 0.1) is 5.56 Å². The van der Waals surface area contributed by atoms with Crippen molar-refractivity contribution in [2.75, 3.05) is 0 Å². The van der Waals surface area contributed by atoms with Gasteiger partial charge in [0, 0.05) is 24.7 Å². The zero-order valence-corrected chi connectivity index (χ0v) is 10.0. The minimum Gasteiger partial charge on any atom is -0.409 e. The van der Waals surface area contributed by atoms with Crippen LogP contribution in [-0.2, 0) is 0 Å². The van der Waals surface area contributed by atoms with E-state index in [1.807, 2.05) is 6.92 Å². The van der Waals surface area contributed by atoms with E-state index in [4.69, 9.17) is 10.9 Å². The average Bonchev–Trinajstić information content (AvgIpc) is 2.38. The van der Waals surface area contributed by atoms with Crippen LogP contribution in [0.3, 0.4) is 0 Å². The number of aromatic nitrogens is 1. The molecule has 0 aliphatic rings. The fourth-order valence-electron chi connectivity index (χ4n) is 1.41. The van der Waals surface area contributed by atoms with E-state index in [0.717, 1.165) is 0 Å². The third-order valence-electron chi connectivity index (χ3n) is 2.46. The number of oxime groups is 1. The first-order valence-corrected chi connectivity index (χ1v) is 5.52. The van der Waals surface area contributed by atoms with E-state index in [0.29, 0.717) is 12.0 Å². The number of hydrogen-bond donors (Lipinski definition) is 4. The lowest BCUT2D eigenvalue weighted by Gasteiger charge is -2.15. The molecule has 98 valence electrons. The Morgan fingerprint density at radius 1 is 1.61 bits per heavy atom. The summed E-state index contributed by atoms with van der Waals surface area (Å²) in [6, 6.07) is 2.49. The summed E-state index contributed by atoms with van der Waals surface area (Å²) in [7, 11) is 0. The Hall–Kier alpha value is -2.31. The van der Waals surface area contributed by atoms with Gasteiger partial charge in [0.15, 0.2) is 0 Å². The Kier molecular flexibility index (Phi) is 4.91. The standard InChI is InChI=1S/C11H16N4O3/c1-2-8(5-9(12)15-18)14-11(17)7-3-4-10(16)13-6-7/h3-4,6,8,18H,2,5H2,1H3,(H2,12,15)(H,13,16)(H,14,17). The lowest BCUT2D eigenvalue weighted by atomic mass is 10.1. The highest BCUT2D eigenvalue weighted by atomic mass is 16.4. The number of nitrogens with two attached hydrogens (primary N) is 1. The molecule has 0 saturated carbocycles. The number of hydrogen-bond acceptors (Lipinski definition) is 4. The van der Waals surface area contributed by atoms with Gasteiger partial charge in [-0.25, -0.2) is 0 Å². The van der Waals surface area contributed by atoms with E-state index in [9.17, 15) is 9.59 Å². The first kappa shape index (κ1) is 13.8. The van der Waals surface area contributed by atoms with Crippen LogP contribution in [0, 0.1) is 0 Å². The van der Waals surface area contributed by atoms with Crippen LogP contribution in [0.15, 0.2) is 28.3 Å². The van der Waals surface area contributed by atoms with Crippen molar-refractivity contribution in [2.24, 2.45) is 10.9 Å². The highest BCUT2D eigenvalue weighted by Crippen LogP contribution is 2.01. The molecule has 7 heteroatoms. The van der Waals surface area contributed by atoms with Crippen molar-refractivity contribution < 1.29 is 10.0 Å². The van der Waals surface area contributed by atoms with Crippen molar-refractivity contribution in [3.8, 4) is 0 Å². The van der Waals surface area contributed by atoms with Crippen molar-refractivity contribution in [1.82, 2.24) is 10.3 Å². The van der Waals surface area contributed by atoms with Gasteiger partial charge in [-0.3, -0.25) is 9.59 Å². The minimum atomic E-state index is -0.316. The highest BCUT2D eigenvalue weighted by Gasteiger charge is 2.13. The second-order valence-electron chi connectivity index (χ2n) is 3.82. The van der Waals surface area contributed by atoms with Gasteiger partial charge in [-0.1, -0.05) is 12.1 Å². The van der Waals surface area contributed by atoms with Crippen molar-refractivity contribution in [1.29, 1.82) is 0 Å². The number of amidine groups is 1. The van der Waals surface area contributed by atoms with Crippen LogP contribution in [0.25, 0.3) is 0 Å². The van der Waals surface area contributed by atoms with Gasteiger partial charge in [0.1, 0.15) is 5.84 Å². The number of nitrogens with zero attached hydrogens (tertiary/aromatic N) is 1. The SMILES string of the molecule is CCC(C/C(N)=N/O)NC(=O)c1ccc(=O)[nH]c1. The van der Waals surface area contributed by atoms with Gasteiger partial charge in [0.25, 0.3) is 5.91 Å². The van der Waals surface area contributed by atoms with E-state index in [1.165, 1.54) is 18.3 Å². The molecule has 1 amide bonds. The molecule has 0 fully saturated rings. The Balaban J connectivity index is 2.67. The van der Waals surface area contributed by atoms with E-state index < -0.39 is 0 Å². The molecule has 1 heterocycles. The fraction of sp³-hybridized carbons (Fsp3) is 0.364. The van der Waals surface area contributed by atoms with Crippen LogP contribution in [0.5, 0.6) is 0 Å². The summed E-state index contributed by atoms with van der Waals surface area (Å²) >= 11 is 0. The molecule has 1 rings (SSSR count). The van der Waals surface area contributed by atoms with E-state index >= 15 is 0 Å². The molecule has 0 bridgehead atoms. The molecule has 0 aromatic carbocycles. The van der Waals surface area contributed by atoms with Crippen molar-refractivity contribution >= 4 is 11.7 Å². The Bertz CT molecular complexity index is 475. The summed E-state index contributed by atoms with van der Waals surface area (Å²) < 4.78 is 0. The van der Waals surface area contributed by atoms with Crippen LogP contribution < -0.4 is 16.6 Å². The van der Waals surface area contributed by atoms with Crippen molar-refractivity contribution in [3.63, 3.8) is 0 Å². The summed E-state index contributed by atoms with van der Waals surface area (Å²) in [5.74, 6) is -0.257. The van der Waals surface area contributed by atoms with Crippen molar-refractivity contribution in [3.05, 3.63) is 34.2 Å². The quantitative estimate of drug-likeness (QED) is 0.255. The smallest absolute Gasteiger partial charge is 0.252 e. The summed E-state index contributed by atoms with van der Waals surface area (Å²) in [6.07, 6.45) is 2.25. The highest BCUT2D eigenvalue weighted by molar-refractivity contribution is 5.94. The Morgan fingerprint density at radius 3 is 2.83 bits per heavy atom. The molecule has 0 saturated heterocycles.